The maximum Gasteiger partial charge on any atom is 0.433 e. The highest BCUT2D eigenvalue weighted by atomic mass is 19.4. The molecule has 182 valence electrons. The van der Waals surface area contributed by atoms with Crippen molar-refractivity contribution in [3.8, 4) is 0 Å². The summed E-state index contributed by atoms with van der Waals surface area (Å²) in [4.78, 5) is 22.9. The third-order valence-corrected chi connectivity index (χ3v) is 6.18. The van der Waals surface area contributed by atoms with E-state index in [9.17, 15) is 18.0 Å². The SMILES string of the molecule is CCN(C(=O)c1cc2c(cc1F)nc(N)c1cnn(C)c12)[C@@H]1COCc2nc(C(F)(F)F)ccc21. The van der Waals surface area contributed by atoms with E-state index in [1.54, 1.807) is 24.9 Å². The van der Waals surface area contributed by atoms with Gasteiger partial charge < -0.3 is 15.4 Å². The summed E-state index contributed by atoms with van der Waals surface area (Å²) < 4.78 is 61.5. The van der Waals surface area contributed by atoms with Crippen molar-refractivity contribution in [3.05, 3.63) is 58.8 Å². The van der Waals surface area contributed by atoms with Gasteiger partial charge in [-0.25, -0.2) is 14.4 Å². The summed E-state index contributed by atoms with van der Waals surface area (Å²) in [6.07, 6.45) is -3.07. The number of nitrogens with two attached hydrogens (primary N) is 1. The number of ether oxygens (including phenoxy) is 1. The molecule has 0 fully saturated rings. The van der Waals surface area contributed by atoms with E-state index in [0.717, 1.165) is 12.1 Å². The summed E-state index contributed by atoms with van der Waals surface area (Å²) in [6.45, 7) is 1.78. The van der Waals surface area contributed by atoms with Crippen LogP contribution in [0.4, 0.5) is 23.4 Å². The number of fused-ring (bicyclic) bond motifs is 4. The van der Waals surface area contributed by atoms with Crippen LogP contribution in [0.3, 0.4) is 0 Å². The van der Waals surface area contributed by atoms with Gasteiger partial charge >= 0.3 is 6.18 Å². The number of carbonyl (C=O) groups excluding carboxylic acids is 1. The molecule has 0 saturated heterocycles. The average molecular weight is 488 g/mol. The van der Waals surface area contributed by atoms with Gasteiger partial charge in [-0.05, 0) is 19.1 Å². The zero-order valence-corrected chi connectivity index (χ0v) is 18.7. The lowest BCUT2D eigenvalue weighted by atomic mass is 9.99. The van der Waals surface area contributed by atoms with Crippen LogP contribution in [-0.2, 0) is 24.6 Å². The van der Waals surface area contributed by atoms with E-state index < -0.39 is 29.6 Å². The van der Waals surface area contributed by atoms with Crippen LogP contribution in [0.2, 0.25) is 0 Å². The van der Waals surface area contributed by atoms with Crippen LogP contribution in [0.15, 0.2) is 30.5 Å². The number of likely N-dealkylation sites (N-methyl/N-ethyl adjacent to an activating group) is 1. The van der Waals surface area contributed by atoms with E-state index in [0.29, 0.717) is 21.9 Å². The van der Waals surface area contributed by atoms with Crippen molar-refractivity contribution in [1.29, 1.82) is 0 Å². The Morgan fingerprint density at radius 1 is 1.26 bits per heavy atom. The van der Waals surface area contributed by atoms with Gasteiger partial charge in [0.05, 0.1) is 53.1 Å². The van der Waals surface area contributed by atoms with Gasteiger partial charge in [0.1, 0.15) is 17.3 Å². The van der Waals surface area contributed by atoms with Crippen LogP contribution < -0.4 is 5.73 Å². The van der Waals surface area contributed by atoms with Gasteiger partial charge in [0.25, 0.3) is 5.91 Å². The Balaban J connectivity index is 1.59. The number of pyridine rings is 2. The van der Waals surface area contributed by atoms with E-state index >= 15 is 4.39 Å². The van der Waals surface area contributed by atoms with Crippen LogP contribution in [-0.4, -0.2) is 43.7 Å². The molecule has 1 aliphatic heterocycles. The van der Waals surface area contributed by atoms with E-state index in [1.165, 1.54) is 17.0 Å². The molecule has 8 nitrogen and oxygen atoms in total. The van der Waals surface area contributed by atoms with Gasteiger partial charge in [0.2, 0.25) is 0 Å². The second-order valence-electron chi connectivity index (χ2n) is 8.23. The van der Waals surface area contributed by atoms with Gasteiger partial charge in [-0.1, -0.05) is 6.07 Å². The lowest BCUT2D eigenvalue weighted by Crippen LogP contribution is -2.40. The number of aryl methyl sites for hydroxylation is 1. The number of anilines is 1. The minimum atomic E-state index is -4.61. The Bertz CT molecular complexity index is 1480. The molecule has 1 atom stereocenters. The summed E-state index contributed by atoms with van der Waals surface area (Å²) in [5.41, 5.74) is 6.13. The van der Waals surface area contributed by atoms with Crippen molar-refractivity contribution in [2.45, 2.75) is 25.7 Å². The smallest absolute Gasteiger partial charge is 0.383 e. The first kappa shape index (κ1) is 23.0. The summed E-state index contributed by atoms with van der Waals surface area (Å²) in [6, 6.07) is 3.99. The summed E-state index contributed by atoms with van der Waals surface area (Å²) >= 11 is 0. The number of rotatable bonds is 3. The largest absolute Gasteiger partial charge is 0.433 e. The lowest BCUT2D eigenvalue weighted by Gasteiger charge is -2.35. The highest BCUT2D eigenvalue weighted by Gasteiger charge is 2.36. The molecule has 1 aliphatic rings. The Labute approximate surface area is 196 Å². The second kappa shape index (κ2) is 8.15. The lowest BCUT2D eigenvalue weighted by molar-refractivity contribution is -0.141. The number of benzene rings is 1. The molecular formula is C23H20F4N6O2. The second-order valence-corrected chi connectivity index (χ2v) is 8.23. The quantitative estimate of drug-likeness (QED) is 0.438. The molecule has 12 heteroatoms. The number of halogens is 4. The maximum absolute atomic E-state index is 15.2. The van der Waals surface area contributed by atoms with Crippen molar-refractivity contribution >= 4 is 33.5 Å². The van der Waals surface area contributed by atoms with E-state index in [-0.39, 0.29) is 42.4 Å². The number of nitrogens with zero attached hydrogens (tertiary/aromatic N) is 5. The van der Waals surface area contributed by atoms with Crippen molar-refractivity contribution in [2.24, 2.45) is 7.05 Å². The van der Waals surface area contributed by atoms with Crippen LogP contribution in [0.5, 0.6) is 0 Å². The zero-order valence-electron chi connectivity index (χ0n) is 18.7. The summed E-state index contributed by atoms with van der Waals surface area (Å²) in [5, 5.41) is 5.24. The molecule has 1 aromatic carbocycles. The molecular weight excluding hydrogens is 468 g/mol. The van der Waals surface area contributed by atoms with Crippen molar-refractivity contribution < 1.29 is 27.1 Å². The molecule has 0 radical (unpaired) electrons. The molecule has 0 unspecified atom stereocenters. The maximum atomic E-state index is 15.2. The number of carbonyl (C=O) groups is 1. The fourth-order valence-corrected chi connectivity index (χ4v) is 4.51. The molecule has 0 spiro atoms. The van der Waals surface area contributed by atoms with Gasteiger partial charge in [0.15, 0.2) is 0 Å². The predicted molar refractivity (Wildman–Crippen MR) is 119 cm³/mol. The normalized spacial score (nSPS) is 16.0. The number of hydrogen-bond acceptors (Lipinski definition) is 6. The standard InChI is InChI=1S/C23H20F4N6O2/c1-3-33(18-10-35-9-17-11(18)4-5-19(30-17)23(25,26)27)22(34)12-6-13-16(7-15(12)24)31-21(28)14-8-29-32(2)20(13)14/h4-8,18H,3,9-10H2,1-2H3,(H2,28,31)/t18-/m1/s1. The van der Waals surface area contributed by atoms with Crippen LogP contribution >= 0.6 is 0 Å². The van der Waals surface area contributed by atoms with Gasteiger partial charge in [-0.2, -0.15) is 18.3 Å². The predicted octanol–water partition coefficient (Wildman–Crippen LogP) is 3.99. The Hall–Kier alpha value is -3.80. The summed E-state index contributed by atoms with van der Waals surface area (Å²) in [7, 11) is 1.70. The van der Waals surface area contributed by atoms with Crippen molar-refractivity contribution in [2.75, 3.05) is 18.9 Å². The van der Waals surface area contributed by atoms with Crippen molar-refractivity contribution in [1.82, 2.24) is 24.6 Å². The van der Waals surface area contributed by atoms with E-state index in [2.05, 4.69) is 15.1 Å². The third kappa shape index (κ3) is 3.73. The molecule has 4 heterocycles. The number of amides is 1. The van der Waals surface area contributed by atoms with Crippen LogP contribution in [0.1, 0.15) is 40.3 Å². The molecule has 3 aromatic heterocycles. The molecule has 35 heavy (non-hydrogen) atoms. The number of nitrogen functional groups attached to an aromatic ring is 1. The third-order valence-electron chi connectivity index (χ3n) is 6.18. The van der Waals surface area contributed by atoms with Crippen molar-refractivity contribution in [3.63, 3.8) is 0 Å². The zero-order chi connectivity index (χ0) is 25.1. The van der Waals surface area contributed by atoms with Gasteiger partial charge in [-0.15, -0.1) is 0 Å². The van der Waals surface area contributed by atoms with Crippen LogP contribution in [0, 0.1) is 5.82 Å². The number of alkyl halides is 3. The summed E-state index contributed by atoms with van der Waals surface area (Å²) in [5.74, 6) is -1.24. The fraction of sp³-hybridized carbons (Fsp3) is 0.304. The highest BCUT2D eigenvalue weighted by Crippen LogP contribution is 2.35. The Kier molecular flexibility index (Phi) is 5.35. The number of hydrogen-bond donors (Lipinski definition) is 1. The molecule has 5 rings (SSSR count). The Morgan fingerprint density at radius 3 is 2.74 bits per heavy atom. The minimum absolute atomic E-state index is 0.0406. The first-order chi connectivity index (χ1) is 16.6. The molecule has 1 amide bonds. The van der Waals surface area contributed by atoms with Gasteiger partial charge in [-0.3, -0.25) is 9.48 Å². The molecule has 0 saturated carbocycles. The molecule has 2 N–H and O–H groups in total. The van der Waals surface area contributed by atoms with Crippen LogP contribution in [0.25, 0.3) is 21.8 Å². The molecule has 4 aromatic rings. The minimum Gasteiger partial charge on any atom is -0.383 e. The molecule has 0 bridgehead atoms. The van der Waals surface area contributed by atoms with E-state index in [4.69, 9.17) is 10.5 Å². The average Bonchev–Trinajstić information content (AvgIpc) is 3.20. The topological polar surface area (TPSA) is 99.2 Å². The van der Waals surface area contributed by atoms with Gasteiger partial charge in [0, 0.05) is 30.6 Å². The first-order valence-electron chi connectivity index (χ1n) is 10.8. The molecule has 0 aliphatic carbocycles. The van der Waals surface area contributed by atoms with E-state index in [1.807, 2.05) is 0 Å². The first-order valence-corrected chi connectivity index (χ1v) is 10.8. The fourth-order valence-electron chi connectivity index (χ4n) is 4.51. The highest BCUT2D eigenvalue weighted by molar-refractivity contribution is 6.10. The number of aromatic nitrogens is 4. The monoisotopic (exact) mass is 488 g/mol. The Morgan fingerprint density at radius 2 is 2.03 bits per heavy atom.